The van der Waals surface area contributed by atoms with Gasteiger partial charge in [-0.05, 0) is 139 Å². The maximum atomic E-state index is 15.0. The van der Waals surface area contributed by atoms with Crippen LogP contribution in [0.4, 0.5) is 4.39 Å². The summed E-state index contributed by atoms with van der Waals surface area (Å²) < 4.78 is 60.0. The first-order valence-electron chi connectivity index (χ1n) is 21.3. The maximum Gasteiger partial charge on any atom is 0.309 e. The van der Waals surface area contributed by atoms with Crippen molar-refractivity contribution in [3.8, 4) is 0 Å². The number of esters is 1. The quantitative estimate of drug-likeness (QED) is 0.0935. The highest BCUT2D eigenvalue weighted by atomic mass is 19.1. The van der Waals surface area contributed by atoms with Crippen molar-refractivity contribution in [2.45, 2.75) is 182 Å². The van der Waals surface area contributed by atoms with Gasteiger partial charge in [-0.25, -0.2) is 4.39 Å². The zero-order valence-electron chi connectivity index (χ0n) is 33.5. The summed E-state index contributed by atoms with van der Waals surface area (Å²) in [7, 11) is 0. The van der Waals surface area contributed by atoms with Crippen molar-refractivity contribution in [2.24, 2.45) is 46.3 Å². The second kappa shape index (κ2) is 17.4. The third-order valence-electron chi connectivity index (χ3n) is 14.5. The molecular formula is C43H71FO8. The zero-order chi connectivity index (χ0) is 37.1. The molecule has 6 aliphatic rings. The first kappa shape index (κ1) is 40.6. The number of rotatable bonds is 15. The third-order valence-corrected chi connectivity index (χ3v) is 14.5. The number of carbonyl (C=O) groups excluding carboxylic acids is 1. The van der Waals surface area contributed by atoms with Gasteiger partial charge in [-0.15, -0.1) is 0 Å². The molecule has 2 saturated heterocycles. The predicted molar refractivity (Wildman–Crippen MR) is 198 cm³/mol. The second-order valence-corrected chi connectivity index (χ2v) is 17.8. The molecule has 8 nitrogen and oxygen atoms in total. The Kier molecular flexibility index (Phi) is 13.5. The van der Waals surface area contributed by atoms with Gasteiger partial charge in [0, 0.05) is 38.1 Å². The minimum Gasteiger partial charge on any atom is -0.466 e. The van der Waals surface area contributed by atoms with Crippen LogP contribution in [0.2, 0.25) is 0 Å². The molecule has 0 spiro atoms. The molecule has 9 heteroatoms. The van der Waals surface area contributed by atoms with Crippen LogP contribution in [0.25, 0.3) is 0 Å². The summed E-state index contributed by atoms with van der Waals surface area (Å²) in [5.74, 6) is 0.205. The number of hydrogen-bond acceptors (Lipinski definition) is 8. The van der Waals surface area contributed by atoms with Crippen molar-refractivity contribution in [1.82, 2.24) is 0 Å². The summed E-state index contributed by atoms with van der Waals surface area (Å²) in [6.45, 7) is 16.9. The van der Waals surface area contributed by atoms with E-state index >= 15 is 0 Å². The van der Waals surface area contributed by atoms with Gasteiger partial charge in [0.05, 0.1) is 18.6 Å². The molecule has 0 aromatic rings. The van der Waals surface area contributed by atoms with Gasteiger partial charge in [0.2, 0.25) is 0 Å². The molecule has 0 radical (unpaired) electrons. The van der Waals surface area contributed by atoms with Gasteiger partial charge in [-0.3, -0.25) is 4.79 Å². The first-order chi connectivity index (χ1) is 24.9. The predicted octanol–water partition coefficient (Wildman–Crippen LogP) is 9.68. The topological polar surface area (TPSA) is 81.7 Å². The average molecular weight is 735 g/mol. The summed E-state index contributed by atoms with van der Waals surface area (Å²) in [6, 6.07) is 0. The summed E-state index contributed by atoms with van der Waals surface area (Å²) in [4.78, 5) is 13.6. The van der Waals surface area contributed by atoms with E-state index in [0.717, 1.165) is 77.2 Å². The van der Waals surface area contributed by atoms with Crippen molar-refractivity contribution in [1.29, 1.82) is 0 Å². The van der Waals surface area contributed by atoms with Crippen molar-refractivity contribution in [3.63, 3.8) is 0 Å². The fourth-order valence-electron chi connectivity index (χ4n) is 11.8. The highest BCUT2D eigenvalue weighted by Gasteiger charge is 2.64. The SMILES string of the molecule is CCOC(=O)[C@H](CC[C@H](F)C(C)C)[C@H]1CC[C@H]2[C@@H]3CC=C4C[C@@](OC(C)OCC)(OC5CCCCO5)C[C@H](OC5CCCCO5)[C@]4(C)[C@H]3CC[C@]12C. The van der Waals surface area contributed by atoms with E-state index < -0.39 is 18.2 Å². The number of halogens is 1. The summed E-state index contributed by atoms with van der Waals surface area (Å²) in [5, 5.41) is 0. The Bertz CT molecular complexity index is 1200. The summed E-state index contributed by atoms with van der Waals surface area (Å²) in [6.07, 6.45) is 13.9. The lowest BCUT2D eigenvalue weighted by molar-refractivity contribution is -0.375. The molecule has 0 bridgehead atoms. The minimum absolute atomic E-state index is 0.00264. The number of ether oxygens (including phenoxy) is 7. The van der Waals surface area contributed by atoms with Gasteiger partial charge < -0.3 is 33.2 Å². The molecule has 52 heavy (non-hydrogen) atoms. The van der Waals surface area contributed by atoms with Crippen molar-refractivity contribution in [3.05, 3.63) is 11.6 Å². The minimum atomic E-state index is -0.938. The smallest absolute Gasteiger partial charge is 0.309 e. The van der Waals surface area contributed by atoms with Crippen LogP contribution in [0.15, 0.2) is 11.6 Å². The standard InChI is InChI=1S/C43H71FO8/c1-8-46-29(5)51-43(52-39-15-11-13-25-49-39)26-30-16-17-31-33-19-20-34(32(40(45)47-9-2)18-21-36(44)28(3)4)41(33,6)23-22-35(31)42(30,7)37(27-43)50-38-14-10-12-24-48-38/h16,28-29,31-39H,8-15,17-27H2,1-7H3/t29?,31-,32+,33-,34+,35-,36-,37-,38?,39?,41-,42-,43+/m0/s1. The van der Waals surface area contributed by atoms with E-state index in [0.29, 0.717) is 63.3 Å². The number of fused-ring (bicyclic) bond motifs is 5. The Morgan fingerprint density at radius 2 is 1.65 bits per heavy atom. The van der Waals surface area contributed by atoms with Gasteiger partial charge in [-0.1, -0.05) is 39.3 Å². The second-order valence-electron chi connectivity index (χ2n) is 17.8. The van der Waals surface area contributed by atoms with Crippen LogP contribution < -0.4 is 0 Å². The molecular weight excluding hydrogens is 663 g/mol. The lowest BCUT2D eigenvalue weighted by Gasteiger charge is -2.62. The number of allylic oxidation sites excluding steroid dienone is 1. The van der Waals surface area contributed by atoms with Crippen LogP contribution in [-0.2, 0) is 38.0 Å². The number of alkyl halides is 1. The van der Waals surface area contributed by atoms with Gasteiger partial charge in [0.15, 0.2) is 24.7 Å². The molecule has 2 heterocycles. The van der Waals surface area contributed by atoms with Crippen molar-refractivity contribution in [2.75, 3.05) is 26.4 Å². The Balaban J connectivity index is 1.31. The Morgan fingerprint density at radius 1 is 0.923 bits per heavy atom. The van der Waals surface area contributed by atoms with E-state index in [4.69, 9.17) is 33.2 Å². The zero-order valence-corrected chi connectivity index (χ0v) is 33.5. The molecule has 0 aromatic carbocycles. The molecule has 0 amide bonds. The van der Waals surface area contributed by atoms with Crippen LogP contribution in [0, 0.1) is 46.3 Å². The molecule has 3 unspecified atom stereocenters. The third kappa shape index (κ3) is 8.35. The fraction of sp³-hybridized carbons (Fsp3) is 0.930. The average Bonchev–Trinajstić information content (AvgIpc) is 3.47. The Hall–Kier alpha value is -1.10. The first-order valence-corrected chi connectivity index (χ1v) is 21.3. The highest BCUT2D eigenvalue weighted by Crippen LogP contribution is 2.68. The van der Waals surface area contributed by atoms with E-state index in [1.54, 1.807) is 0 Å². The molecule has 0 aromatic heterocycles. The van der Waals surface area contributed by atoms with E-state index in [9.17, 15) is 9.18 Å². The van der Waals surface area contributed by atoms with Crippen molar-refractivity contribution < 1.29 is 42.3 Å². The van der Waals surface area contributed by atoms with Crippen LogP contribution in [0.1, 0.15) is 145 Å². The molecule has 0 N–H and O–H groups in total. The van der Waals surface area contributed by atoms with Gasteiger partial charge >= 0.3 is 5.97 Å². The highest BCUT2D eigenvalue weighted by molar-refractivity contribution is 5.73. The molecule has 6 rings (SSSR count). The molecule has 5 fully saturated rings. The fourth-order valence-corrected chi connectivity index (χ4v) is 11.8. The lowest BCUT2D eigenvalue weighted by atomic mass is 9.46. The van der Waals surface area contributed by atoms with E-state index in [2.05, 4.69) is 19.9 Å². The van der Waals surface area contributed by atoms with Crippen LogP contribution in [-0.4, -0.2) is 69.3 Å². The molecule has 2 aliphatic heterocycles. The number of carbonyl (C=O) groups is 1. The maximum absolute atomic E-state index is 15.0. The molecule has 13 atom stereocenters. The van der Waals surface area contributed by atoms with Gasteiger partial charge in [0.1, 0.15) is 6.17 Å². The van der Waals surface area contributed by atoms with Crippen LogP contribution in [0.3, 0.4) is 0 Å². The van der Waals surface area contributed by atoms with Gasteiger partial charge in [0.25, 0.3) is 0 Å². The van der Waals surface area contributed by atoms with E-state index in [1.165, 1.54) is 5.57 Å². The Labute approximate surface area is 313 Å². The van der Waals surface area contributed by atoms with Crippen LogP contribution in [0.5, 0.6) is 0 Å². The number of hydrogen-bond donors (Lipinski definition) is 0. The molecule has 3 saturated carbocycles. The Morgan fingerprint density at radius 3 is 2.31 bits per heavy atom. The largest absolute Gasteiger partial charge is 0.466 e. The monoisotopic (exact) mass is 735 g/mol. The molecule has 4 aliphatic carbocycles. The summed E-state index contributed by atoms with van der Waals surface area (Å²) >= 11 is 0. The van der Waals surface area contributed by atoms with Crippen LogP contribution >= 0.6 is 0 Å². The van der Waals surface area contributed by atoms with Gasteiger partial charge in [-0.2, -0.15) is 0 Å². The summed E-state index contributed by atoms with van der Waals surface area (Å²) in [5.41, 5.74) is 1.15. The lowest BCUT2D eigenvalue weighted by Crippen LogP contribution is -2.61. The van der Waals surface area contributed by atoms with Crippen molar-refractivity contribution >= 4 is 5.97 Å². The normalized spacial score (nSPS) is 40.9. The van der Waals surface area contributed by atoms with E-state index in [-0.39, 0.29) is 53.2 Å². The molecule has 298 valence electrons. The van der Waals surface area contributed by atoms with E-state index in [1.807, 2.05) is 34.6 Å².